The Balaban J connectivity index is 4.32. The van der Waals surface area contributed by atoms with Gasteiger partial charge in [0.25, 0.3) is 0 Å². The number of Topliss-reactive ketones (excluding diaryl/α,β-unsaturated/α-hetero) is 1. The molecule has 7 heteroatoms. The van der Waals surface area contributed by atoms with Crippen molar-refractivity contribution in [3.63, 3.8) is 0 Å². The fraction of sp³-hybridized carbons (Fsp3) is 0.786. The first-order valence-corrected chi connectivity index (χ1v) is 7.04. The predicted octanol–water partition coefficient (Wildman–Crippen LogP) is 0.570. The number of hydrogen-bond donors (Lipinski definition) is 3. The third kappa shape index (κ3) is 9.84. The summed E-state index contributed by atoms with van der Waals surface area (Å²) in [5.41, 5.74) is 4.70. The van der Waals surface area contributed by atoms with Crippen LogP contribution in [0.1, 0.15) is 41.0 Å². The van der Waals surface area contributed by atoms with Crippen molar-refractivity contribution in [1.29, 1.82) is 0 Å². The van der Waals surface area contributed by atoms with E-state index in [-0.39, 0.29) is 24.8 Å². The van der Waals surface area contributed by atoms with Crippen molar-refractivity contribution < 1.29 is 19.1 Å². The van der Waals surface area contributed by atoms with E-state index in [1.165, 1.54) is 0 Å². The highest BCUT2D eigenvalue weighted by atomic mass is 16.6. The van der Waals surface area contributed by atoms with Gasteiger partial charge >= 0.3 is 6.09 Å². The van der Waals surface area contributed by atoms with Crippen molar-refractivity contribution in [3.05, 3.63) is 0 Å². The Kier molecular flexibility index (Phi) is 7.94. The van der Waals surface area contributed by atoms with Crippen molar-refractivity contribution in [1.82, 2.24) is 10.6 Å². The zero-order chi connectivity index (χ0) is 16.6. The van der Waals surface area contributed by atoms with Crippen LogP contribution in [0.15, 0.2) is 0 Å². The Hall–Kier alpha value is -1.63. The van der Waals surface area contributed by atoms with Gasteiger partial charge in [0.05, 0.1) is 12.6 Å². The normalized spacial score (nSPS) is 12.7. The van der Waals surface area contributed by atoms with E-state index in [1.54, 1.807) is 20.8 Å². The molecular weight excluding hydrogens is 274 g/mol. The second-order valence-corrected chi connectivity index (χ2v) is 6.28. The van der Waals surface area contributed by atoms with E-state index in [0.29, 0.717) is 6.42 Å². The molecule has 21 heavy (non-hydrogen) atoms. The van der Waals surface area contributed by atoms with Gasteiger partial charge in [-0.2, -0.15) is 0 Å². The van der Waals surface area contributed by atoms with Crippen LogP contribution in [0.2, 0.25) is 0 Å². The summed E-state index contributed by atoms with van der Waals surface area (Å²) in [6, 6.07) is -0.622. The van der Waals surface area contributed by atoms with Gasteiger partial charge < -0.3 is 21.1 Å². The van der Waals surface area contributed by atoms with Gasteiger partial charge in [0.15, 0.2) is 5.78 Å². The lowest BCUT2D eigenvalue weighted by Gasteiger charge is -2.21. The molecule has 0 saturated heterocycles. The predicted molar refractivity (Wildman–Crippen MR) is 79.7 cm³/mol. The topological polar surface area (TPSA) is 111 Å². The van der Waals surface area contributed by atoms with E-state index in [1.807, 2.05) is 13.8 Å². The number of ether oxygens (including phenoxy) is 1. The van der Waals surface area contributed by atoms with Crippen LogP contribution in [-0.4, -0.2) is 42.5 Å². The fourth-order valence-electron chi connectivity index (χ4n) is 1.60. The van der Waals surface area contributed by atoms with E-state index in [4.69, 9.17) is 10.5 Å². The van der Waals surface area contributed by atoms with Crippen LogP contribution >= 0.6 is 0 Å². The number of rotatable bonds is 7. The Bertz CT molecular complexity index is 375. The van der Waals surface area contributed by atoms with Gasteiger partial charge in [-0.05, 0) is 33.1 Å². The van der Waals surface area contributed by atoms with Gasteiger partial charge in [0, 0.05) is 0 Å². The highest BCUT2D eigenvalue weighted by Crippen LogP contribution is 2.07. The van der Waals surface area contributed by atoms with Crippen molar-refractivity contribution in [2.24, 2.45) is 11.7 Å². The van der Waals surface area contributed by atoms with Gasteiger partial charge in [-0.1, -0.05) is 13.8 Å². The maximum absolute atomic E-state index is 11.8. The maximum atomic E-state index is 11.8. The number of amides is 2. The molecule has 0 radical (unpaired) electrons. The average molecular weight is 301 g/mol. The van der Waals surface area contributed by atoms with Crippen LogP contribution in [-0.2, 0) is 14.3 Å². The molecule has 0 aliphatic carbocycles. The van der Waals surface area contributed by atoms with Crippen LogP contribution in [0.3, 0.4) is 0 Å². The Morgan fingerprint density at radius 2 is 1.76 bits per heavy atom. The molecule has 0 aromatic carbocycles. The zero-order valence-corrected chi connectivity index (χ0v) is 13.5. The average Bonchev–Trinajstić information content (AvgIpc) is 2.32. The first-order valence-electron chi connectivity index (χ1n) is 7.04. The second-order valence-electron chi connectivity index (χ2n) is 6.28. The monoisotopic (exact) mass is 301 g/mol. The third-order valence-electron chi connectivity index (χ3n) is 2.42. The fourth-order valence-corrected chi connectivity index (χ4v) is 1.60. The highest BCUT2D eigenvalue weighted by Gasteiger charge is 2.21. The molecule has 1 atom stereocenters. The minimum absolute atomic E-state index is 0.128. The van der Waals surface area contributed by atoms with E-state index in [9.17, 15) is 14.4 Å². The number of hydrogen-bond acceptors (Lipinski definition) is 5. The summed E-state index contributed by atoms with van der Waals surface area (Å²) < 4.78 is 5.01. The number of carbonyl (C=O) groups is 3. The van der Waals surface area contributed by atoms with E-state index < -0.39 is 23.6 Å². The summed E-state index contributed by atoms with van der Waals surface area (Å²) in [7, 11) is 0. The molecule has 4 N–H and O–H groups in total. The van der Waals surface area contributed by atoms with Crippen LogP contribution in [0.4, 0.5) is 4.79 Å². The minimum atomic E-state index is -0.678. The first kappa shape index (κ1) is 19.4. The largest absolute Gasteiger partial charge is 0.444 e. The van der Waals surface area contributed by atoms with Gasteiger partial charge in [-0.25, -0.2) is 4.79 Å². The summed E-state index contributed by atoms with van der Waals surface area (Å²) in [5, 5.41) is 4.92. The molecule has 0 unspecified atom stereocenters. The summed E-state index contributed by atoms with van der Waals surface area (Å²) in [6.07, 6.45) is -0.169. The maximum Gasteiger partial charge on any atom is 0.408 e. The van der Waals surface area contributed by atoms with Crippen LogP contribution in [0, 0.1) is 5.92 Å². The molecule has 0 fully saturated rings. The van der Waals surface area contributed by atoms with Crippen molar-refractivity contribution >= 4 is 17.8 Å². The molecule has 0 saturated carbocycles. The minimum Gasteiger partial charge on any atom is -0.444 e. The molecule has 0 aromatic heterocycles. The van der Waals surface area contributed by atoms with Crippen molar-refractivity contribution in [2.75, 3.05) is 13.1 Å². The molecule has 122 valence electrons. The van der Waals surface area contributed by atoms with Crippen molar-refractivity contribution in [2.45, 2.75) is 52.7 Å². The standard InChI is InChI=1S/C14H27N3O4/c1-9(2)6-10(11(18)7-15)17-12(19)8-16-13(20)21-14(3,4)5/h9-10H,6-8,15H2,1-5H3,(H,16,20)(H,17,19)/t10-/m0/s1. The first-order chi connectivity index (χ1) is 9.55. The Morgan fingerprint density at radius 3 is 2.19 bits per heavy atom. The molecule has 0 aliphatic rings. The Morgan fingerprint density at radius 1 is 1.19 bits per heavy atom. The lowest BCUT2D eigenvalue weighted by Crippen LogP contribution is -2.48. The smallest absolute Gasteiger partial charge is 0.408 e. The highest BCUT2D eigenvalue weighted by molar-refractivity contribution is 5.91. The van der Waals surface area contributed by atoms with Crippen molar-refractivity contribution in [3.8, 4) is 0 Å². The van der Waals surface area contributed by atoms with Crippen LogP contribution in [0.25, 0.3) is 0 Å². The number of ketones is 1. The quantitative estimate of drug-likeness (QED) is 0.636. The number of alkyl carbamates (subject to hydrolysis) is 1. The molecule has 0 spiro atoms. The second kappa shape index (κ2) is 8.61. The Labute approximate surface area is 126 Å². The molecule has 0 rings (SSSR count). The summed E-state index contributed by atoms with van der Waals surface area (Å²) in [4.78, 5) is 34.8. The SMILES string of the molecule is CC(C)C[C@H](NC(=O)CNC(=O)OC(C)(C)C)C(=O)CN. The number of nitrogens with one attached hydrogen (secondary N) is 2. The lowest BCUT2D eigenvalue weighted by atomic mass is 10.0. The van der Waals surface area contributed by atoms with Gasteiger partial charge in [0.1, 0.15) is 12.1 Å². The lowest BCUT2D eigenvalue weighted by molar-refractivity contribution is -0.127. The van der Waals surface area contributed by atoms with E-state index >= 15 is 0 Å². The zero-order valence-electron chi connectivity index (χ0n) is 13.5. The van der Waals surface area contributed by atoms with Gasteiger partial charge in [-0.3, -0.25) is 9.59 Å². The van der Waals surface area contributed by atoms with Gasteiger partial charge in [0.2, 0.25) is 5.91 Å². The molecule has 0 bridgehead atoms. The molecule has 2 amide bonds. The summed E-state index contributed by atoms with van der Waals surface area (Å²) >= 11 is 0. The molecule has 0 aromatic rings. The number of carbonyl (C=O) groups excluding carboxylic acids is 3. The van der Waals surface area contributed by atoms with Gasteiger partial charge in [-0.15, -0.1) is 0 Å². The van der Waals surface area contributed by atoms with Crippen LogP contribution in [0.5, 0.6) is 0 Å². The summed E-state index contributed by atoms with van der Waals surface area (Å²) in [6.45, 7) is 8.70. The van der Waals surface area contributed by atoms with E-state index in [0.717, 1.165) is 0 Å². The number of nitrogens with two attached hydrogens (primary N) is 1. The summed E-state index contributed by atoms with van der Waals surface area (Å²) in [5.74, 6) is -0.438. The molecule has 7 nitrogen and oxygen atoms in total. The third-order valence-corrected chi connectivity index (χ3v) is 2.42. The van der Waals surface area contributed by atoms with E-state index in [2.05, 4.69) is 10.6 Å². The molecule has 0 heterocycles. The molecular formula is C14H27N3O4. The van der Waals surface area contributed by atoms with Crippen LogP contribution < -0.4 is 16.4 Å². The molecule has 0 aliphatic heterocycles.